The second-order valence-electron chi connectivity index (χ2n) is 5.75. The van der Waals surface area contributed by atoms with Crippen molar-refractivity contribution >= 4 is 0 Å². The Balaban J connectivity index is 1.89. The molecule has 1 unspecified atom stereocenters. The van der Waals surface area contributed by atoms with Crippen molar-refractivity contribution in [3.8, 4) is 0 Å². The van der Waals surface area contributed by atoms with Crippen LogP contribution in [0.5, 0.6) is 0 Å². The molecule has 0 bridgehead atoms. The molecule has 2 nitrogen and oxygen atoms in total. The SMILES string of the molecule is Cc1ccc(C)c(Cn2cc3c(c2)C(O)CCC3)c1. The lowest BCUT2D eigenvalue weighted by molar-refractivity contribution is 0.157. The lowest BCUT2D eigenvalue weighted by atomic mass is 9.93. The molecule has 0 fully saturated rings. The minimum absolute atomic E-state index is 0.261. The van der Waals surface area contributed by atoms with E-state index in [9.17, 15) is 5.11 Å². The predicted molar refractivity (Wildman–Crippen MR) is 77.3 cm³/mol. The quantitative estimate of drug-likeness (QED) is 0.872. The molecule has 1 N–H and O–H groups in total. The molecule has 0 amide bonds. The number of aryl methyl sites for hydroxylation is 3. The largest absolute Gasteiger partial charge is 0.388 e. The lowest BCUT2D eigenvalue weighted by Gasteiger charge is -2.16. The molecular weight excluding hydrogens is 234 g/mol. The third kappa shape index (κ3) is 2.45. The summed E-state index contributed by atoms with van der Waals surface area (Å²) in [4.78, 5) is 0. The number of fused-ring (bicyclic) bond motifs is 1. The van der Waals surface area contributed by atoms with Crippen LogP contribution >= 0.6 is 0 Å². The van der Waals surface area contributed by atoms with Gasteiger partial charge in [0, 0.05) is 24.5 Å². The molecule has 0 saturated heterocycles. The fourth-order valence-corrected chi connectivity index (χ4v) is 2.98. The number of rotatable bonds is 2. The van der Waals surface area contributed by atoms with E-state index in [1.54, 1.807) is 0 Å². The van der Waals surface area contributed by atoms with E-state index in [1.807, 2.05) is 0 Å². The Morgan fingerprint density at radius 1 is 1.26 bits per heavy atom. The zero-order valence-electron chi connectivity index (χ0n) is 11.7. The van der Waals surface area contributed by atoms with Crippen LogP contribution in [0.15, 0.2) is 30.6 Å². The Bertz CT molecular complexity index is 597. The van der Waals surface area contributed by atoms with E-state index >= 15 is 0 Å². The Morgan fingerprint density at radius 3 is 2.89 bits per heavy atom. The summed E-state index contributed by atoms with van der Waals surface area (Å²) in [6.07, 6.45) is 7.18. The van der Waals surface area contributed by atoms with Crippen LogP contribution in [0.4, 0.5) is 0 Å². The van der Waals surface area contributed by atoms with Gasteiger partial charge in [0.25, 0.3) is 0 Å². The molecule has 0 spiro atoms. The second kappa shape index (κ2) is 4.86. The monoisotopic (exact) mass is 255 g/mol. The number of aromatic nitrogens is 1. The third-order valence-corrected chi connectivity index (χ3v) is 4.14. The van der Waals surface area contributed by atoms with Crippen LogP contribution in [0.25, 0.3) is 0 Å². The van der Waals surface area contributed by atoms with Gasteiger partial charge in [-0.15, -0.1) is 0 Å². The second-order valence-corrected chi connectivity index (χ2v) is 5.75. The smallest absolute Gasteiger partial charge is 0.0807 e. The van der Waals surface area contributed by atoms with Crippen molar-refractivity contribution in [3.63, 3.8) is 0 Å². The molecular formula is C17H21NO. The standard InChI is InChI=1S/C17H21NO/c1-12-6-7-13(2)15(8-12)10-18-9-14-4-3-5-17(19)16(14)11-18/h6-9,11,17,19H,3-5,10H2,1-2H3. The van der Waals surface area contributed by atoms with Gasteiger partial charge in [-0.1, -0.05) is 23.8 Å². The number of hydrogen-bond acceptors (Lipinski definition) is 1. The van der Waals surface area contributed by atoms with E-state index in [2.05, 4.69) is 49.0 Å². The van der Waals surface area contributed by atoms with Crippen molar-refractivity contribution in [2.45, 2.75) is 45.8 Å². The summed E-state index contributed by atoms with van der Waals surface area (Å²) in [5.74, 6) is 0. The van der Waals surface area contributed by atoms with Crippen molar-refractivity contribution in [3.05, 3.63) is 58.4 Å². The Morgan fingerprint density at radius 2 is 2.11 bits per heavy atom. The summed E-state index contributed by atoms with van der Waals surface area (Å²) in [7, 11) is 0. The van der Waals surface area contributed by atoms with Crippen LogP contribution in [-0.4, -0.2) is 9.67 Å². The van der Waals surface area contributed by atoms with Gasteiger partial charge in [0.2, 0.25) is 0 Å². The van der Waals surface area contributed by atoms with Crippen molar-refractivity contribution in [1.82, 2.24) is 4.57 Å². The number of hydrogen-bond donors (Lipinski definition) is 1. The Kier molecular flexibility index (Phi) is 3.19. The van der Waals surface area contributed by atoms with E-state index in [0.29, 0.717) is 0 Å². The van der Waals surface area contributed by atoms with E-state index in [4.69, 9.17) is 0 Å². The van der Waals surface area contributed by atoms with Gasteiger partial charge in [0.15, 0.2) is 0 Å². The van der Waals surface area contributed by atoms with Gasteiger partial charge in [-0.2, -0.15) is 0 Å². The molecule has 1 heterocycles. The van der Waals surface area contributed by atoms with Gasteiger partial charge in [-0.3, -0.25) is 0 Å². The molecule has 100 valence electrons. The molecule has 1 atom stereocenters. The highest BCUT2D eigenvalue weighted by Gasteiger charge is 2.19. The molecule has 3 rings (SSSR count). The molecule has 1 aliphatic rings. The number of nitrogens with zero attached hydrogens (tertiary/aromatic N) is 1. The van der Waals surface area contributed by atoms with Crippen molar-refractivity contribution in [2.75, 3.05) is 0 Å². The lowest BCUT2D eigenvalue weighted by Crippen LogP contribution is -2.05. The van der Waals surface area contributed by atoms with Gasteiger partial charge >= 0.3 is 0 Å². The van der Waals surface area contributed by atoms with Crippen LogP contribution in [0.2, 0.25) is 0 Å². The van der Waals surface area contributed by atoms with Gasteiger partial charge < -0.3 is 9.67 Å². The summed E-state index contributed by atoms with van der Waals surface area (Å²) in [5, 5.41) is 10.0. The van der Waals surface area contributed by atoms with E-state index < -0.39 is 0 Å². The fourth-order valence-electron chi connectivity index (χ4n) is 2.98. The Labute approximate surface area is 114 Å². The molecule has 1 aromatic carbocycles. The van der Waals surface area contributed by atoms with E-state index in [-0.39, 0.29) is 6.10 Å². The van der Waals surface area contributed by atoms with Crippen LogP contribution in [-0.2, 0) is 13.0 Å². The first kappa shape index (κ1) is 12.5. The number of aliphatic hydroxyl groups is 1. The molecule has 0 saturated carbocycles. The number of aliphatic hydroxyl groups excluding tert-OH is 1. The summed E-state index contributed by atoms with van der Waals surface area (Å²) in [5.41, 5.74) is 6.46. The maximum Gasteiger partial charge on any atom is 0.0807 e. The first-order valence-corrected chi connectivity index (χ1v) is 7.06. The minimum Gasteiger partial charge on any atom is -0.388 e. The van der Waals surface area contributed by atoms with Crippen molar-refractivity contribution in [2.24, 2.45) is 0 Å². The van der Waals surface area contributed by atoms with Crippen LogP contribution in [0.3, 0.4) is 0 Å². The fraction of sp³-hybridized carbons (Fsp3) is 0.412. The van der Waals surface area contributed by atoms with E-state index in [0.717, 1.165) is 31.4 Å². The molecule has 0 radical (unpaired) electrons. The highest BCUT2D eigenvalue weighted by molar-refractivity contribution is 5.33. The zero-order valence-corrected chi connectivity index (χ0v) is 11.7. The van der Waals surface area contributed by atoms with Gasteiger partial charge in [-0.05, 0) is 49.8 Å². The summed E-state index contributed by atoms with van der Waals surface area (Å²) >= 11 is 0. The van der Waals surface area contributed by atoms with E-state index in [1.165, 1.54) is 22.3 Å². The molecule has 1 aromatic heterocycles. The normalized spacial score (nSPS) is 18.4. The maximum absolute atomic E-state index is 10.0. The van der Waals surface area contributed by atoms with Gasteiger partial charge in [-0.25, -0.2) is 0 Å². The first-order chi connectivity index (χ1) is 9.13. The summed E-state index contributed by atoms with van der Waals surface area (Å²) < 4.78 is 2.22. The Hall–Kier alpha value is -1.54. The molecule has 2 aromatic rings. The average Bonchev–Trinajstić information content (AvgIpc) is 2.78. The zero-order chi connectivity index (χ0) is 13.4. The molecule has 0 aliphatic heterocycles. The molecule has 19 heavy (non-hydrogen) atoms. The third-order valence-electron chi connectivity index (χ3n) is 4.14. The topological polar surface area (TPSA) is 25.2 Å². The van der Waals surface area contributed by atoms with Gasteiger partial charge in [0.05, 0.1) is 6.10 Å². The van der Waals surface area contributed by atoms with Crippen molar-refractivity contribution < 1.29 is 5.11 Å². The van der Waals surface area contributed by atoms with Crippen LogP contribution in [0.1, 0.15) is 46.8 Å². The van der Waals surface area contributed by atoms with Crippen molar-refractivity contribution in [1.29, 1.82) is 0 Å². The van der Waals surface area contributed by atoms with Gasteiger partial charge in [0.1, 0.15) is 0 Å². The highest BCUT2D eigenvalue weighted by atomic mass is 16.3. The number of benzene rings is 1. The van der Waals surface area contributed by atoms with Crippen LogP contribution in [0, 0.1) is 13.8 Å². The van der Waals surface area contributed by atoms with Crippen LogP contribution < -0.4 is 0 Å². The average molecular weight is 255 g/mol. The predicted octanol–water partition coefficient (Wildman–Crippen LogP) is 3.52. The summed E-state index contributed by atoms with van der Waals surface area (Å²) in [6, 6.07) is 6.59. The molecule has 1 aliphatic carbocycles. The summed E-state index contributed by atoms with van der Waals surface area (Å²) in [6.45, 7) is 5.19. The molecule has 2 heteroatoms. The minimum atomic E-state index is -0.261. The highest BCUT2D eigenvalue weighted by Crippen LogP contribution is 2.30. The maximum atomic E-state index is 10.0. The first-order valence-electron chi connectivity index (χ1n) is 7.06.